The smallest absolute Gasteiger partial charge is 0.541 e. The molecule has 128 valence electrons. The van der Waals surface area contributed by atoms with E-state index in [1.54, 1.807) is 62.3 Å². The van der Waals surface area contributed by atoms with Gasteiger partial charge in [0, 0.05) is 0 Å². The van der Waals surface area contributed by atoms with E-state index < -0.39 is 41.5 Å². The zero-order valence-corrected chi connectivity index (χ0v) is 15.2. The summed E-state index contributed by atoms with van der Waals surface area (Å²) < 4.78 is 15.3. The summed E-state index contributed by atoms with van der Waals surface area (Å²) >= 11 is 0. The van der Waals surface area contributed by atoms with Crippen molar-refractivity contribution in [3.05, 3.63) is 0 Å². The van der Waals surface area contributed by atoms with Gasteiger partial charge in [-0.3, -0.25) is 14.4 Å². The highest BCUT2D eigenvalue weighted by atomic mass is 16.8. The van der Waals surface area contributed by atoms with Crippen LogP contribution in [0.4, 0.5) is 0 Å². The zero-order chi connectivity index (χ0) is 17.9. The van der Waals surface area contributed by atoms with Gasteiger partial charge in [-0.15, -0.1) is 0 Å². The highest BCUT2D eigenvalue weighted by molar-refractivity contribution is 6.44. The minimum Gasteiger partial charge on any atom is -0.625 e. The van der Waals surface area contributed by atoms with Gasteiger partial charge in [-0.05, 0) is 62.3 Å². The minimum atomic E-state index is -2.63. The molecule has 0 rings (SSSR count). The van der Waals surface area contributed by atoms with Crippen molar-refractivity contribution in [2.45, 2.75) is 62.3 Å². The molecule has 6 nitrogen and oxygen atoms in total. The molecule has 0 N–H and O–H groups in total. The maximum atomic E-state index is 12.0. The van der Waals surface area contributed by atoms with Gasteiger partial charge in [-0.1, -0.05) is 0 Å². The quantitative estimate of drug-likeness (QED) is 0.744. The molecule has 7 heteroatoms. The molecule has 0 spiro atoms. The normalized spacial score (nSPS) is 12.8. The number of carbonyl (C=O) groups excluding carboxylic acids is 3. The van der Waals surface area contributed by atoms with Crippen LogP contribution >= 0.6 is 0 Å². The molecule has 0 aliphatic rings. The fourth-order valence-electron chi connectivity index (χ4n) is 1.06. The molecule has 0 fully saturated rings. The Balaban J connectivity index is 5.12. The molecule has 0 heterocycles. The van der Waals surface area contributed by atoms with E-state index in [1.165, 1.54) is 0 Å². The summed E-state index contributed by atoms with van der Waals surface area (Å²) in [5.41, 5.74) is -2.39. The van der Waals surface area contributed by atoms with Crippen LogP contribution in [0, 0.1) is 16.2 Å². The number of hydrogen-bond donors (Lipinski definition) is 0. The lowest BCUT2D eigenvalue weighted by Gasteiger charge is -2.35. The van der Waals surface area contributed by atoms with Crippen molar-refractivity contribution in [2.75, 3.05) is 0 Å². The maximum absolute atomic E-state index is 12.0. The first-order valence-corrected chi connectivity index (χ1v) is 7.34. The molecule has 0 aromatic heterocycles. The first kappa shape index (κ1) is 20.5. The Morgan fingerprint density at radius 1 is 0.545 bits per heavy atom. The Hall–Kier alpha value is -1.53. The summed E-state index contributed by atoms with van der Waals surface area (Å²) in [6.45, 7) is 14.9. The molecule has 0 atom stereocenters. The van der Waals surface area contributed by atoms with Crippen LogP contribution < -0.4 is 0 Å². The molecular weight excluding hydrogens is 287 g/mol. The van der Waals surface area contributed by atoms with Gasteiger partial charge >= 0.3 is 7.32 Å². The van der Waals surface area contributed by atoms with Gasteiger partial charge in [-0.2, -0.15) is 0 Å². The van der Waals surface area contributed by atoms with E-state index in [4.69, 9.17) is 14.0 Å². The van der Waals surface area contributed by atoms with Crippen molar-refractivity contribution in [3.8, 4) is 0 Å². The Bertz CT molecular complexity index is 370. The first-order valence-electron chi connectivity index (χ1n) is 7.34. The van der Waals surface area contributed by atoms with Crippen LogP contribution in [-0.4, -0.2) is 25.2 Å². The summed E-state index contributed by atoms with van der Waals surface area (Å²) in [6, 6.07) is 0. The monoisotopic (exact) mass is 315 g/mol. The van der Waals surface area contributed by atoms with Gasteiger partial charge in [0.1, 0.15) is 0 Å². The highest BCUT2D eigenvalue weighted by Gasteiger charge is 2.32. The molecular formula is C15H28BO6-. The summed E-state index contributed by atoms with van der Waals surface area (Å²) in [7, 11) is -2.63. The molecule has 0 aliphatic carbocycles. The van der Waals surface area contributed by atoms with E-state index in [2.05, 4.69) is 0 Å². The molecule has 0 aromatic carbocycles. The van der Waals surface area contributed by atoms with Gasteiger partial charge in [0.05, 0.1) is 16.2 Å². The van der Waals surface area contributed by atoms with Crippen molar-refractivity contribution in [1.82, 2.24) is 0 Å². The average molecular weight is 315 g/mol. The van der Waals surface area contributed by atoms with Gasteiger partial charge in [0.2, 0.25) is 0 Å². The second kappa shape index (κ2) is 6.71. The van der Waals surface area contributed by atoms with Crippen molar-refractivity contribution in [2.24, 2.45) is 16.2 Å². The molecule has 0 aromatic rings. The van der Waals surface area contributed by atoms with Crippen LogP contribution in [0.5, 0.6) is 0 Å². The van der Waals surface area contributed by atoms with Crippen molar-refractivity contribution < 1.29 is 28.3 Å². The second-order valence-electron chi connectivity index (χ2n) is 8.40. The molecule has 0 radical (unpaired) electrons. The van der Waals surface area contributed by atoms with Crippen molar-refractivity contribution in [3.63, 3.8) is 0 Å². The third kappa shape index (κ3) is 6.96. The van der Waals surface area contributed by atoms with Crippen LogP contribution in [0.1, 0.15) is 62.3 Å². The average Bonchev–Trinajstić information content (AvgIpc) is 2.24. The van der Waals surface area contributed by atoms with E-state index >= 15 is 0 Å². The predicted octanol–water partition coefficient (Wildman–Crippen LogP) is 2.47. The Labute approximate surface area is 133 Å². The van der Waals surface area contributed by atoms with Crippen molar-refractivity contribution in [1.29, 1.82) is 0 Å². The van der Waals surface area contributed by atoms with Crippen LogP contribution in [0.25, 0.3) is 0 Å². The van der Waals surface area contributed by atoms with Crippen LogP contribution in [0.3, 0.4) is 0 Å². The summed E-state index contributed by atoms with van der Waals surface area (Å²) in [5.74, 6) is -1.80. The zero-order valence-electron chi connectivity index (χ0n) is 15.2. The predicted molar refractivity (Wildman–Crippen MR) is 83.8 cm³/mol. The van der Waals surface area contributed by atoms with E-state index in [-0.39, 0.29) is 0 Å². The SMILES string of the molecule is CC(C)(C)C(=O)O[BH-](OC(=O)C(C)(C)C)OC(=O)C(C)(C)C. The van der Waals surface area contributed by atoms with Gasteiger partial charge in [0.15, 0.2) is 0 Å². The lowest BCUT2D eigenvalue weighted by atomic mass is 9.94. The Morgan fingerprint density at radius 3 is 0.864 bits per heavy atom. The van der Waals surface area contributed by atoms with E-state index in [1.807, 2.05) is 0 Å². The lowest BCUT2D eigenvalue weighted by molar-refractivity contribution is -0.158. The summed E-state index contributed by atoms with van der Waals surface area (Å²) in [6.07, 6.45) is 0. The fraction of sp³-hybridized carbons (Fsp3) is 0.800. The number of rotatable bonds is 3. The van der Waals surface area contributed by atoms with Gasteiger partial charge in [0.25, 0.3) is 17.9 Å². The van der Waals surface area contributed by atoms with E-state index in [9.17, 15) is 14.4 Å². The highest BCUT2D eigenvalue weighted by Crippen LogP contribution is 2.21. The minimum absolute atomic E-state index is 0.601. The first-order chi connectivity index (χ1) is 9.55. The maximum Gasteiger partial charge on any atom is 0.541 e. The van der Waals surface area contributed by atoms with E-state index in [0.29, 0.717) is 0 Å². The Morgan fingerprint density at radius 2 is 0.727 bits per heavy atom. The summed E-state index contributed by atoms with van der Waals surface area (Å²) in [5, 5.41) is 0. The summed E-state index contributed by atoms with van der Waals surface area (Å²) in [4.78, 5) is 35.9. The topological polar surface area (TPSA) is 78.9 Å². The van der Waals surface area contributed by atoms with Crippen molar-refractivity contribution >= 4 is 25.2 Å². The van der Waals surface area contributed by atoms with E-state index in [0.717, 1.165) is 0 Å². The Kier molecular flexibility index (Phi) is 6.24. The third-order valence-electron chi connectivity index (χ3n) is 2.58. The molecule has 0 amide bonds. The second-order valence-corrected chi connectivity index (χ2v) is 8.40. The fourth-order valence-corrected chi connectivity index (χ4v) is 1.06. The van der Waals surface area contributed by atoms with Crippen LogP contribution in [-0.2, 0) is 28.3 Å². The van der Waals surface area contributed by atoms with Crippen LogP contribution in [0.15, 0.2) is 0 Å². The molecule has 22 heavy (non-hydrogen) atoms. The molecule has 0 saturated heterocycles. The largest absolute Gasteiger partial charge is 0.625 e. The number of hydrogen-bond acceptors (Lipinski definition) is 6. The standard InChI is InChI=1S/C15H28BO6/c1-13(2,3)10(17)20-16(21-11(18)14(4,5)6)22-12(19)15(7,8)9/h16H,1-9H3/q-1. The molecule has 0 unspecified atom stereocenters. The molecule has 0 bridgehead atoms. The van der Waals surface area contributed by atoms with Gasteiger partial charge in [-0.25, -0.2) is 0 Å². The van der Waals surface area contributed by atoms with Gasteiger partial charge < -0.3 is 14.0 Å². The molecule has 0 aliphatic heterocycles. The lowest BCUT2D eigenvalue weighted by Crippen LogP contribution is -2.42. The number of carbonyl (C=O) groups is 3. The molecule has 0 saturated carbocycles. The van der Waals surface area contributed by atoms with Crippen LogP contribution in [0.2, 0.25) is 0 Å². The third-order valence-corrected chi connectivity index (χ3v) is 2.58.